The van der Waals surface area contributed by atoms with Gasteiger partial charge in [-0.2, -0.15) is 0 Å². The van der Waals surface area contributed by atoms with Gasteiger partial charge in [-0.05, 0) is 81.0 Å². The summed E-state index contributed by atoms with van der Waals surface area (Å²) in [5.74, 6) is 1.19. The van der Waals surface area contributed by atoms with Gasteiger partial charge in [-0.3, -0.25) is 0 Å². The van der Waals surface area contributed by atoms with Gasteiger partial charge in [0, 0.05) is 12.3 Å². The van der Waals surface area contributed by atoms with E-state index in [2.05, 4.69) is 13.8 Å². The quantitative estimate of drug-likeness (QED) is 0.662. The number of hydrogen-bond acceptors (Lipinski definition) is 5. The minimum absolute atomic E-state index is 0.0658. The van der Waals surface area contributed by atoms with Crippen molar-refractivity contribution >= 4 is 0 Å². The SMILES string of the molecule is CC1(C)O[C@H]2C[C@@]3(C)[C@H](C[C@H]2O1)C1(C[C@@H]2[C@@H]3CC[C@]3(C)[C@@H](O)CC[C@@H]23)OCCO1. The molecule has 0 aromatic heterocycles. The molecule has 0 bridgehead atoms. The Morgan fingerprint density at radius 3 is 2.24 bits per heavy atom. The average Bonchev–Trinajstić information content (AvgIpc) is 3.30. The molecular formula is C24H38O5. The van der Waals surface area contributed by atoms with E-state index in [0.717, 1.165) is 38.5 Å². The molecule has 164 valence electrons. The van der Waals surface area contributed by atoms with Crippen LogP contribution < -0.4 is 0 Å². The van der Waals surface area contributed by atoms with Crippen molar-refractivity contribution in [3.63, 3.8) is 0 Å². The zero-order chi connectivity index (χ0) is 20.2. The average molecular weight is 407 g/mol. The lowest BCUT2D eigenvalue weighted by atomic mass is 9.43. The highest BCUT2D eigenvalue weighted by Crippen LogP contribution is 2.70. The maximum absolute atomic E-state index is 10.8. The van der Waals surface area contributed by atoms with Crippen LogP contribution in [0.4, 0.5) is 0 Å². The van der Waals surface area contributed by atoms with Crippen LogP contribution in [0.5, 0.6) is 0 Å². The molecule has 0 radical (unpaired) electrons. The number of rotatable bonds is 0. The number of aliphatic hydroxyl groups excluding tert-OH is 1. The summed E-state index contributed by atoms with van der Waals surface area (Å²) in [6, 6.07) is 0. The third-order valence-corrected chi connectivity index (χ3v) is 10.3. The summed E-state index contributed by atoms with van der Waals surface area (Å²) >= 11 is 0. The topological polar surface area (TPSA) is 57.2 Å². The van der Waals surface area contributed by atoms with E-state index in [1.54, 1.807) is 0 Å². The van der Waals surface area contributed by atoms with Crippen LogP contribution >= 0.6 is 0 Å². The Hall–Kier alpha value is -0.200. The molecule has 0 amide bonds. The van der Waals surface area contributed by atoms with Gasteiger partial charge in [0.05, 0.1) is 31.5 Å². The van der Waals surface area contributed by atoms with Crippen molar-refractivity contribution in [1.82, 2.24) is 0 Å². The Kier molecular flexibility index (Phi) is 4.02. The van der Waals surface area contributed by atoms with Crippen LogP contribution in [0.2, 0.25) is 0 Å². The van der Waals surface area contributed by atoms with Crippen molar-refractivity contribution in [3.8, 4) is 0 Å². The van der Waals surface area contributed by atoms with Gasteiger partial charge >= 0.3 is 0 Å². The molecular weight excluding hydrogens is 368 g/mol. The van der Waals surface area contributed by atoms with E-state index < -0.39 is 11.6 Å². The first-order valence-corrected chi connectivity index (χ1v) is 12.0. The van der Waals surface area contributed by atoms with Crippen LogP contribution in [0.3, 0.4) is 0 Å². The van der Waals surface area contributed by atoms with Crippen LogP contribution in [-0.2, 0) is 18.9 Å². The monoisotopic (exact) mass is 406 g/mol. The van der Waals surface area contributed by atoms with Crippen molar-refractivity contribution in [3.05, 3.63) is 0 Å². The molecule has 5 nitrogen and oxygen atoms in total. The smallest absolute Gasteiger partial charge is 0.172 e. The molecule has 9 atom stereocenters. The fourth-order valence-electron chi connectivity index (χ4n) is 9.07. The molecule has 6 rings (SSSR count). The molecule has 4 aliphatic carbocycles. The molecule has 5 heteroatoms. The van der Waals surface area contributed by atoms with Gasteiger partial charge in [-0.1, -0.05) is 13.8 Å². The molecule has 2 heterocycles. The number of hydrogen-bond donors (Lipinski definition) is 1. The second kappa shape index (κ2) is 5.98. The maximum Gasteiger partial charge on any atom is 0.172 e. The van der Waals surface area contributed by atoms with E-state index >= 15 is 0 Å². The van der Waals surface area contributed by atoms with E-state index in [1.807, 2.05) is 13.8 Å². The van der Waals surface area contributed by atoms with E-state index in [0.29, 0.717) is 36.9 Å². The van der Waals surface area contributed by atoms with Gasteiger partial charge < -0.3 is 24.1 Å². The molecule has 0 unspecified atom stereocenters. The van der Waals surface area contributed by atoms with Crippen LogP contribution in [0.1, 0.15) is 72.6 Å². The van der Waals surface area contributed by atoms with Crippen molar-refractivity contribution in [2.24, 2.45) is 34.5 Å². The van der Waals surface area contributed by atoms with Gasteiger partial charge in [0.2, 0.25) is 0 Å². The number of aliphatic hydroxyl groups is 1. The molecule has 2 saturated heterocycles. The predicted octanol–water partition coefficient (Wildman–Crippen LogP) is 3.87. The lowest BCUT2D eigenvalue weighted by Gasteiger charge is -2.64. The Bertz CT molecular complexity index is 687. The normalized spacial score (nSPS) is 57.2. The molecule has 29 heavy (non-hydrogen) atoms. The van der Waals surface area contributed by atoms with Crippen molar-refractivity contribution in [2.45, 2.75) is 103 Å². The lowest BCUT2D eigenvalue weighted by molar-refractivity contribution is -0.301. The first-order valence-electron chi connectivity index (χ1n) is 12.0. The number of ether oxygens (including phenoxy) is 4. The zero-order valence-electron chi connectivity index (χ0n) is 18.5. The molecule has 2 aliphatic heterocycles. The van der Waals surface area contributed by atoms with Gasteiger partial charge in [0.15, 0.2) is 11.6 Å². The minimum Gasteiger partial charge on any atom is -0.393 e. The molecule has 0 aromatic rings. The van der Waals surface area contributed by atoms with Crippen LogP contribution in [0.25, 0.3) is 0 Å². The Balaban J connectivity index is 1.40. The van der Waals surface area contributed by atoms with Crippen LogP contribution in [0, 0.1) is 34.5 Å². The van der Waals surface area contributed by atoms with E-state index in [4.69, 9.17) is 18.9 Å². The highest BCUT2D eigenvalue weighted by molar-refractivity contribution is 5.15. The van der Waals surface area contributed by atoms with Gasteiger partial charge in [-0.25, -0.2) is 0 Å². The summed E-state index contributed by atoms with van der Waals surface area (Å²) < 4.78 is 25.7. The zero-order valence-corrected chi connectivity index (χ0v) is 18.5. The molecule has 6 aliphatic rings. The molecule has 0 aromatic carbocycles. The second-order valence-electron chi connectivity index (χ2n) is 11.9. The Morgan fingerprint density at radius 1 is 0.793 bits per heavy atom. The third-order valence-electron chi connectivity index (χ3n) is 10.3. The summed E-state index contributed by atoms with van der Waals surface area (Å²) in [6.07, 6.45) is 7.62. The third kappa shape index (κ3) is 2.51. The lowest BCUT2D eigenvalue weighted by Crippen LogP contribution is -2.65. The maximum atomic E-state index is 10.8. The fourth-order valence-corrected chi connectivity index (χ4v) is 9.07. The predicted molar refractivity (Wildman–Crippen MR) is 107 cm³/mol. The van der Waals surface area contributed by atoms with E-state index in [9.17, 15) is 5.11 Å². The standard InChI is InChI=1S/C24H38O5/c1-21(2)28-17-11-19-23(4,13-18(17)29-21)16-7-8-22(3)15(5-6-20(22)25)14(16)12-24(19)26-9-10-27-24/h14-20,25H,5-13H2,1-4H3/t14-,15-,16-,17+,18-,19-,20-,22-,23+/m0/s1. The molecule has 1 N–H and O–H groups in total. The van der Waals surface area contributed by atoms with E-state index in [-0.39, 0.29) is 29.1 Å². The summed E-state index contributed by atoms with van der Waals surface area (Å²) in [7, 11) is 0. The second-order valence-corrected chi connectivity index (χ2v) is 11.9. The fraction of sp³-hybridized carbons (Fsp3) is 1.00. The first kappa shape index (κ1) is 19.5. The van der Waals surface area contributed by atoms with Gasteiger partial charge in [0.1, 0.15) is 0 Å². The van der Waals surface area contributed by atoms with Crippen molar-refractivity contribution in [2.75, 3.05) is 13.2 Å². The summed E-state index contributed by atoms with van der Waals surface area (Å²) in [5, 5.41) is 10.8. The highest BCUT2D eigenvalue weighted by Gasteiger charge is 2.69. The summed E-state index contributed by atoms with van der Waals surface area (Å²) in [5.41, 5.74) is 0.198. The largest absolute Gasteiger partial charge is 0.393 e. The first-order chi connectivity index (χ1) is 13.7. The van der Waals surface area contributed by atoms with Crippen LogP contribution in [0.15, 0.2) is 0 Å². The summed E-state index contributed by atoms with van der Waals surface area (Å²) in [6.45, 7) is 10.3. The van der Waals surface area contributed by atoms with Gasteiger partial charge in [-0.15, -0.1) is 0 Å². The van der Waals surface area contributed by atoms with Crippen molar-refractivity contribution < 1.29 is 24.1 Å². The number of fused-ring (bicyclic) bond motifs is 7. The van der Waals surface area contributed by atoms with Gasteiger partial charge in [0.25, 0.3) is 0 Å². The molecule has 6 fully saturated rings. The van der Waals surface area contributed by atoms with Crippen LogP contribution in [-0.4, -0.2) is 48.2 Å². The Morgan fingerprint density at radius 2 is 1.48 bits per heavy atom. The van der Waals surface area contributed by atoms with E-state index in [1.165, 1.54) is 6.42 Å². The van der Waals surface area contributed by atoms with Crippen molar-refractivity contribution in [1.29, 1.82) is 0 Å². The Labute approximate surface area is 174 Å². The molecule has 4 saturated carbocycles. The molecule has 1 spiro atoms. The minimum atomic E-state index is -0.496. The highest BCUT2D eigenvalue weighted by atomic mass is 16.8. The summed E-state index contributed by atoms with van der Waals surface area (Å²) in [4.78, 5) is 0.